The SMILES string of the molecule is CS.[3H]C#CCI.[3H]P=S(I)C#CCC#C. The van der Waals surface area contributed by atoms with E-state index in [1.807, 2.05) is 6.40 Å². The van der Waals surface area contributed by atoms with Gasteiger partial charge >= 0.3 is 0 Å². The molecule has 0 amide bonds. The highest BCUT2D eigenvalue weighted by molar-refractivity contribution is 14.2. The van der Waals surface area contributed by atoms with Crippen LogP contribution in [0.15, 0.2) is 0 Å². The van der Waals surface area contributed by atoms with Gasteiger partial charge in [0.05, 0.1) is 10.8 Å². The van der Waals surface area contributed by atoms with Crippen molar-refractivity contribution in [3.63, 3.8) is 0 Å². The normalized spacial score (nSPS) is 9.64. The third kappa shape index (κ3) is 38.0. The van der Waals surface area contributed by atoms with Gasteiger partial charge < -0.3 is 0 Å². The minimum Gasteiger partial charge on any atom is -0.183 e. The van der Waals surface area contributed by atoms with Gasteiger partial charge in [0.2, 0.25) is 0 Å². The second kappa shape index (κ2) is 23.7. The molecule has 0 rings (SSSR count). The minimum atomic E-state index is -0.126. The standard InChI is InChI=1S/C5H4IPS.C3H3I.CH4S/c1-2-3-4-5-8(6)7;1-2-3-4;1-2/h1,7H,3H2;1H,3H2;2H,1H3/i7T;1T;. The molecule has 0 N–H and O–H groups in total. The van der Waals surface area contributed by atoms with Gasteiger partial charge in [0, 0.05) is 21.2 Å². The van der Waals surface area contributed by atoms with Crippen LogP contribution in [-0.2, 0) is 7.24 Å². The predicted molar refractivity (Wildman–Crippen MR) is 93.6 cm³/mol. The average molecular weight is 472 g/mol. The zero-order valence-corrected chi connectivity index (χ0v) is 14.5. The molecule has 0 bridgehead atoms. The summed E-state index contributed by atoms with van der Waals surface area (Å²) < 4.78 is 13.9. The lowest BCUT2D eigenvalue weighted by Crippen LogP contribution is -1.59. The van der Waals surface area contributed by atoms with Crippen molar-refractivity contribution < 1.29 is 1.37 Å². The molecule has 0 aliphatic rings. The van der Waals surface area contributed by atoms with E-state index in [1.165, 1.54) is 0 Å². The van der Waals surface area contributed by atoms with Gasteiger partial charge in [-0.1, -0.05) is 48.3 Å². The van der Waals surface area contributed by atoms with Crippen molar-refractivity contribution in [1.82, 2.24) is 0 Å². The molecule has 0 spiro atoms. The van der Waals surface area contributed by atoms with E-state index in [2.05, 4.69) is 79.4 Å². The average Bonchev–Trinajstić information content (AvgIpc) is 2.33. The first-order valence-corrected chi connectivity index (χ1v) is 10.3. The summed E-state index contributed by atoms with van der Waals surface area (Å²) in [5.74, 6) is 7.70. The molecular formula is C9H11I2PS2. The van der Waals surface area contributed by atoms with Crippen LogP contribution in [0.5, 0.6) is 0 Å². The van der Waals surface area contributed by atoms with Crippen molar-refractivity contribution in [3.05, 3.63) is 0 Å². The molecule has 0 nitrogen and oxygen atoms in total. The molecule has 0 aliphatic carbocycles. The number of alkyl halides is 1. The molecule has 1 unspecified atom stereocenters. The Hall–Kier alpha value is 1.14. The van der Waals surface area contributed by atoms with E-state index in [1.54, 1.807) is 6.26 Å². The van der Waals surface area contributed by atoms with Gasteiger partial charge in [0.15, 0.2) is 0 Å². The predicted octanol–water partition coefficient (Wildman–Crippen LogP) is 3.60. The molecular weight excluding hydrogens is 457 g/mol. The molecule has 0 saturated carbocycles. The molecule has 0 radical (unpaired) electrons. The van der Waals surface area contributed by atoms with Crippen LogP contribution in [0.1, 0.15) is 7.79 Å². The summed E-state index contributed by atoms with van der Waals surface area (Å²) in [7, 11) is 0.455. The molecule has 5 heteroatoms. The van der Waals surface area contributed by atoms with E-state index in [0.29, 0.717) is 14.4 Å². The van der Waals surface area contributed by atoms with E-state index in [0.717, 1.165) is 4.43 Å². The molecule has 0 aromatic rings. The maximum absolute atomic E-state index is 6.87. The smallest absolute Gasteiger partial charge is 0.124 e. The third-order valence-electron chi connectivity index (χ3n) is 0.414. The summed E-state index contributed by atoms with van der Waals surface area (Å²) in [6, 6.07) is 0. The second-order valence-corrected chi connectivity index (χ2v) is 8.48. The van der Waals surface area contributed by atoms with Crippen LogP contribution in [0, 0.1) is 35.8 Å². The van der Waals surface area contributed by atoms with Gasteiger partial charge in [-0.2, -0.15) is 12.6 Å². The third-order valence-corrected chi connectivity index (χ3v) is 2.04. The number of hydrogen-bond donors (Lipinski definition) is 1. The van der Waals surface area contributed by atoms with Crippen molar-refractivity contribution in [3.8, 4) is 35.8 Å². The van der Waals surface area contributed by atoms with Gasteiger partial charge in [-0.25, -0.2) is 0 Å². The zero-order valence-electron chi connectivity index (χ0n) is 9.55. The first kappa shape index (κ1) is 15.1. The highest BCUT2D eigenvalue weighted by Crippen LogP contribution is 1.97. The van der Waals surface area contributed by atoms with Crippen LogP contribution in [0.25, 0.3) is 0 Å². The number of hydrogen-bond acceptors (Lipinski definition) is 1. The van der Waals surface area contributed by atoms with Crippen LogP contribution in [-0.4, -0.2) is 12.0 Å². The summed E-state index contributed by atoms with van der Waals surface area (Å²) in [6.45, 7) is 0. The second-order valence-electron chi connectivity index (χ2n) is 1.21. The molecule has 14 heavy (non-hydrogen) atoms. The molecule has 0 saturated heterocycles. The van der Waals surface area contributed by atoms with E-state index in [9.17, 15) is 0 Å². The molecule has 78 valence electrons. The summed E-state index contributed by atoms with van der Waals surface area (Å²) in [5.41, 5.74) is 0. The van der Waals surface area contributed by atoms with E-state index in [-0.39, 0.29) is 7.24 Å². The Balaban J connectivity index is -0.000000205. The molecule has 0 fully saturated rings. The fourth-order valence-electron chi connectivity index (χ4n) is 0.147. The Morgan fingerprint density at radius 1 is 1.64 bits per heavy atom. The topological polar surface area (TPSA) is 0 Å². The van der Waals surface area contributed by atoms with Crippen molar-refractivity contribution in [2.75, 3.05) is 10.7 Å². The largest absolute Gasteiger partial charge is 0.183 e. The quantitative estimate of drug-likeness (QED) is 0.180. The van der Waals surface area contributed by atoms with Crippen molar-refractivity contribution in [2.24, 2.45) is 0 Å². The molecule has 0 heterocycles. The van der Waals surface area contributed by atoms with Crippen molar-refractivity contribution >= 4 is 71.6 Å². The van der Waals surface area contributed by atoms with E-state index >= 15 is 0 Å². The first-order chi connectivity index (χ1) is 7.72. The van der Waals surface area contributed by atoms with Crippen LogP contribution in [0.4, 0.5) is 0 Å². The van der Waals surface area contributed by atoms with Gasteiger partial charge in [-0.3, -0.25) is 0 Å². The highest BCUT2D eigenvalue weighted by atomic mass is 127. The lowest BCUT2D eigenvalue weighted by atomic mass is 10.5. The van der Waals surface area contributed by atoms with Crippen LogP contribution in [0.3, 0.4) is 0 Å². The number of rotatable bonds is 0. The van der Waals surface area contributed by atoms with Gasteiger partial charge in [-0.15, -0.1) is 12.8 Å². The fourth-order valence-corrected chi connectivity index (χ4v) is 0.999. The molecule has 0 aliphatic heterocycles. The number of terminal acetylenes is 2. The lowest BCUT2D eigenvalue weighted by Gasteiger charge is -1.72. The van der Waals surface area contributed by atoms with Crippen LogP contribution in [0.2, 0.25) is 0 Å². The Bertz CT molecular complexity index is 331. The van der Waals surface area contributed by atoms with Crippen molar-refractivity contribution in [2.45, 2.75) is 6.42 Å². The zero-order chi connectivity index (χ0) is 13.2. The Morgan fingerprint density at radius 3 is 2.57 bits per heavy atom. The first-order valence-electron chi connectivity index (χ1n) is 4.05. The molecule has 0 aromatic heterocycles. The van der Waals surface area contributed by atoms with Crippen molar-refractivity contribution in [1.29, 1.82) is 1.28 Å². The summed E-state index contributed by atoms with van der Waals surface area (Å²) >= 11 is 7.75. The molecule has 0 aromatic carbocycles. The fraction of sp³-hybridized carbons (Fsp3) is 0.333. The monoisotopic (exact) mass is 472 g/mol. The number of thiol groups is 1. The number of halogens is 2. The highest BCUT2D eigenvalue weighted by Gasteiger charge is 1.68. The van der Waals surface area contributed by atoms with E-state index < -0.39 is 0 Å². The summed E-state index contributed by atoms with van der Waals surface area (Å²) in [5, 5.41) is 2.86. The summed E-state index contributed by atoms with van der Waals surface area (Å²) in [6.07, 6.45) is 9.16. The molecule has 1 atom stereocenters. The van der Waals surface area contributed by atoms with Gasteiger partial charge in [0.25, 0.3) is 0 Å². The Labute approximate surface area is 126 Å². The maximum atomic E-state index is 6.87. The summed E-state index contributed by atoms with van der Waals surface area (Å²) in [4.78, 5) is 0. The van der Waals surface area contributed by atoms with Gasteiger partial charge in [-0.05, 0) is 18.8 Å². The Kier molecular flexibility index (Phi) is 25.7. The Morgan fingerprint density at radius 2 is 2.29 bits per heavy atom. The lowest BCUT2D eigenvalue weighted by molar-refractivity contribution is 1.58. The minimum absolute atomic E-state index is 0.126. The van der Waals surface area contributed by atoms with Gasteiger partial charge in [0.1, 0.15) is 2.65 Å². The van der Waals surface area contributed by atoms with Crippen LogP contribution < -0.4 is 0 Å². The van der Waals surface area contributed by atoms with E-state index in [4.69, 9.17) is 9.07 Å². The maximum Gasteiger partial charge on any atom is 0.124 e. The van der Waals surface area contributed by atoms with Crippen LogP contribution >= 0.6 is 64.4 Å².